The fraction of sp³-hybridized carbons (Fsp3) is 0.462. The van der Waals surface area contributed by atoms with Crippen molar-refractivity contribution >= 4 is 5.97 Å². The second-order valence-electron chi connectivity index (χ2n) is 4.41. The molecule has 1 aliphatic heterocycles. The van der Waals surface area contributed by atoms with Gasteiger partial charge >= 0.3 is 5.97 Å². The fourth-order valence-corrected chi connectivity index (χ4v) is 2.25. The quantitative estimate of drug-likeness (QED) is 0.830. The number of ether oxygens (including phenoxy) is 2. The molecule has 0 fully saturated rings. The molecule has 1 aromatic rings. The third-order valence-electron chi connectivity index (χ3n) is 3.07. The highest BCUT2D eigenvalue weighted by atomic mass is 16.7. The summed E-state index contributed by atoms with van der Waals surface area (Å²) in [5.74, 6) is 0.561. The molecule has 0 saturated carbocycles. The Balaban J connectivity index is 2.31. The van der Waals surface area contributed by atoms with Crippen molar-refractivity contribution in [1.29, 1.82) is 0 Å². The highest BCUT2D eigenvalue weighted by Gasteiger charge is 2.22. The molecular weight excluding hydrogens is 234 g/mol. The zero-order valence-corrected chi connectivity index (χ0v) is 10.5. The molecule has 0 aliphatic carbocycles. The second-order valence-corrected chi connectivity index (χ2v) is 4.41. The van der Waals surface area contributed by atoms with E-state index in [0.29, 0.717) is 12.3 Å². The van der Waals surface area contributed by atoms with E-state index in [2.05, 4.69) is 5.32 Å². The molecule has 1 aromatic carbocycles. The number of benzene rings is 1. The van der Waals surface area contributed by atoms with Crippen molar-refractivity contribution in [1.82, 2.24) is 5.32 Å². The maximum atomic E-state index is 10.9. The van der Waals surface area contributed by atoms with Gasteiger partial charge in [0.25, 0.3) is 0 Å². The van der Waals surface area contributed by atoms with Crippen LogP contribution in [0.1, 0.15) is 23.5 Å². The zero-order chi connectivity index (χ0) is 13.1. The standard InChI is InChI=1S/C13H17NO4/c1-8-3-11-12(18-7-17-11)5-10(8)9(6-14-2)4-13(15)16/h3,5,9,14H,4,6-7H2,1-2H3,(H,15,16). The molecule has 98 valence electrons. The van der Waals surface area contributed by atoms with Crippen molar-refractivity contribution in [2.75, 3.05) is 20.4 Å². The Morgan fingerprint density at radius 2 is 2.11 bits per heavy atom. The molecule has 2 rings (SSSR count). The van der Waals surface area contributed by atoms with Gasteiger partial charge in [-0.3, -0.25) is 4.79 Å². The molecule has 1 atom stereocenters. The van der Waals surface area contributed by atoms with Crippen LogP contribution in [0.4, 0.5) is 0 Å². The lowest BCUT2D eigenvalue weighted by atomic mass is 9.91. The third-order valence-corrected chi connectivity index (χ3v) is 3.07. The molecule has 0 saturated heterocycles. The van der Waals surface area contributed by atoms with E-state index in [9.17, 15) is 4.79 Å². The van der Waals surface area contributed by atoms with E-state index in [0.717, 1.165) is 16.9 Å². The lowest BCUT2D eigenvalue weighted by Gasteiger charge is -2.17. The molecule has 2 N–H and O–H groups in total. The first-order chi connectivity index (χ1) is 8.61. The molecule has 0 aromatic heterocycles. The lowest BCUT2D eigenvalue weighted by Crippen LogP contribution is -2.20. The van der Waals surface area contributed by atoms with Crippen molar-refractivity contribution in [3.63, 3.8) is 0 Å². The maximum Gasteiger partial charge on any atom is 0.304 e. The predicted octanol–water partition coefficient (Wildman–Crippen LogP) is 1.50. The van der Waals surface area contributed by atoms with Crippen LogP contribution in [-0.4, -0.2) is 31.5 Å². The van der Waals surface area contributed by atoms with E-state index < -0.39 is 5.97 Å². The van der Waals surface area contributed by atoms with Crippen LogP contribution in [-0.2, 0) is 4.79 Å². The van der Waals surface area contributed by atoms with Gasteiger partial charge in [-0.2, -0.15) is 0 Å². The van der Waals surface area contributed by atoms with Crippen LogP contribution < -0.4 is 14.8 Å². The summed E-state index contributed by atoms with van der Waals surface area (Å²) in [7, 11) is 1.82. The van der Waals surface area contributed by atoms with Crippen molar-refractivity contribution in [3.8, 4) is 11.5 Å². The van der Waals surface area contributed by atoms with Crippen molar-refractivity contribution in [3.05, 3.63) is 23.3 Å². The zero-order valence-electron chi connectivity index (χ0n) is 10.5. The van der Waals surface area contributed by atoms with Gasteiger partial charge < -0.3 is 19.9 Å². The van der Waals surface area contributed by atoms with Crippen LogP contribution in [0.2, 0.25) is 0 Å². The van der Waals surface area contributed by atoms with Crippen molar-refractivity contribution < 1.29 is 19.4 Å². The summed E-state index contributed by atoms with van der Waals surface area (Å²) < 4.78 is 10.6. The third kappa shape index (κ3) is 2.56. The number of hydrogen-bond donors (Lipinski definition) is 2. The number of likely N-dealkylation sites (N-methyl/N-ethyl adjacent to an activating group) is 1. The number of hydrogen-bond acceptors (Lipinski definition) is 4. The van der Waals surface area contributed by atoms with Crippen LogP contribution in [0.15, 0.2) is 12.1 Å². The largest absolute Gasteiger partial charge is 0.481 e. The topological polar surface area (TPSA) is 67.8 Å². The molecule has 5 heteroatoms. The molecule has 0 bridgehead atoms. The number of carboxylic acids is 1. The van der Waals surface area contributed by atoms with E-state index >= 15 is 0 Å². The molecule has 5 nitrogen and oxygen atoms in total. The summed E-state index contributed by atoms with van der Waals surface area (Å²) >= 11 is 0. The Morgan fingerprint density at radius 3 is 2.72 bits per heavy atom. The van der Waals surface area contributed by atoms with Crippen molar-refractivity contribution in [2.24, 2.45) is 0 Å². The van der Waals surface area contributed by atoms with Crippen LogP contribution >= 0.6 is 0 Å². The normalized spacial score (nSPS) is 14.6. The summed E-state index contributed by atoms with van der Waals surface area (Å²) in [6.45, 7) is 2.81. The average Bonchev–Trinajstić information content (AvgIpc) is 2.73. The SMILES string of the molecule is CNCC(CC(=O)O)c1cc2c(cc1C)OCO2. The molecule has 0 radical (unpaired) electrons. The fourth-order valence-electron chi connectivity index (χ4n) is 2.25. The van der Waals surface area contributed by atoms with Crippen LogP contribution in [0.5, 0.6) is 11.5 Å². The van der Waals surface area contributed by atoms with Crippen LogP contribution in [0.3, 0.4) is 0 Å². The van der Waals surface area contributed by atoms with Gasteiger partial charge in [0.05, 0.1) is 6.42 Å². The van der Waals surface area contributed by atoms with Gasteiger partial charge in [-0.15, -0.1) is 0 Å². The maximum absolute atomic E-state index is 10.9. The van der Waals surface area contributed by atoms with E-state index in [-0.39, 0.29) is 19.1 Å². The first kappa shape index (κ1) is 12.7. The smallest absolute Gasteiger partial charge is 0.304 e. The van der Waals surface area contributed by atoms with Gasteiger partial charge in [-0.25, -0.2) is 0 Å². The first-order valence-corrected chi connectivity index (χ1v) is 5.88. The summed E-state index contributed by atoms with van der Waals surface area (Å²) in [4.78, 5) is 10.9. The number of rotatable bonds is 5. The monoisotopic (exact) mass is 251 g/mol. The number of nitrogens with one attached hydrogen (secondary N) is 1. The average molecular weight is 251 g/mol. The Bertz CT molecular complexity index is 459. The molecule has 0 amide bonds. The summed E-state index contributed by atoms with van der Waals surface area (Å²) in [5.41, 5.74) is 2.02. The van der Waals surface area contributed by atoms with E-state index in [4.69, 9.17) is 14.6 Å². The second kappa shape index (κ2) is 5.27. The highest BCUT2D eigenvalue weighted by Crippen LogP contribution is 2.37. The van der Waals surface area contributed by atoms with Gasteiger partial charge in [0.2, 0.25) is 6.79 Å². The van der Waals surface area contributed by atoms with Crippen LogP contribution in [0, 0.1) is 6.92 Å². The predicted molar refractivity (Wildman–Crippen MR) is 66.2 cm³/mol. The Morgan fingerprint density at radius 1 is 1.44 bits per heavy atom. The Hall–Kier alpha value is -1.75. The van der Waals surface area contributed by atoms with Crippen molar-refractivity contribution in [2.45, 2.75) is 19.3 Å². The van der Waals surface area contributed by atoms with E-state index in [1.807, 2.05) is 26.1 Å². The van der Waals surface area contributed by atoms with E-state index in [1.54, 1.807) is 0 Å². The molecule has 18 heavy (non-hydrogen) atoms. The number of carboxylic acid groups (broad SMARTS) is 1. The lowest BCUT2D eigenvalue weighted by molar-refractivity contribution is -0.137. The molecule has 1 aliphatic rings. The molecular formula is C13H17NO4. The number of fused-ring (bicyclic) bond motifs is 1. The van der Waals surface area contributed by atoms with Gasteiger partial charge in [0.1, 0.15) is 0 Å². The molecule has 1 unspecified atom stereocenters. The Kier molecular flexibility index (Phi) is 3.72. The number of aryl methyl sites for hydroxylation is 1. The Labute approximate surface area is 106 Å². The van der Waals surface area contributed by atoms with Crippen LogP contribution in [0.25, 0.3) is 0 Å². The van der Waals surface area contributed by atoms with Gasteiger partial charge in [-0.1, -0.05) is 0 Å². The van der Waals surface area contributed by atoms with Gasteiger partial charge in [0.15, 0.2) is 11.5 Å². The van der Waals surface area contributed by atoms with Gasteiger partial charge in [0, 0.05) is 12.5 Å². The number of aliphatic carboxylic acids is 1. The minimum Gasteiger partial charge on any atom is -0.481 e. The minimum absolute atomic E-state index is 0.0676. The summed E-state index contributed by atoms with van der Waals surface area (Å²) in [5, 5.41) is 12.0. The molecule has 1 heterocycles. The van der Waals surface area contributed by atoms with E-state index in [1.165, 1.54) is 0 Å². The van der Waals surface area contributed by atoms with Gasteiger partial charge in [-0.05, 0) is 37.2 Å². The molecule has 0 spiro atoms. The highest BCUT2D eigenvalue weighted by molar-refractivity contribution is 5.68. The summed E-state index contributed by atoms with van der Waals surface area (Å²) in [6.07, 6.45) is 0.0985. The summed E-state index contributed by atoms with van der Waals surface area (Å²) in [6, 6.07) is 3.80. The number of carbonyl (C=O) groups is 1. The minimum atomic E-state index is -0.799. The first-order valence-electron chi connectivity index (χ1n) is 5.88.